The summed E-state index contributed by atoms with van der Waals surface area (Å²) in [4.78, 5) is 10.8. The van der Waals surface area contributed by atoms with E-state index in [2.05, 4.69) is 316 Å². The monoisotopic (exact) mass is 1150 g/mol. The third kappa shape index (κ3) is 7.49. The van der Waals surface area contributed by atoms with Gasteiger partial charge in [0.1, 0.15) is 0 Å². The van der Waals surface area contributed by atoms with E-state index in [1.807, 2.05) is 0 Å². The molecule has 0 atom stereocenters. The van der Waals surface area contributed by atoms with Crippen LogP contribution >= 0.6 is 0 Å². The van der Waals surface area contributed by atoms with Crippen molar-refractivity contribution in [2.24, 2.45) is 0 Å². The van der Waals surface area contributed by atoms with Crippen molar-refractivity contribution in [3.63, 3.8) is 0 Å². The van der Waals surface area contributed by atoms with Gasteiger partial charge in [-0.3, -0.25) is 0 Å². The molecule has 0 unspecified atom stereocenters. The summed E-state index contributed by atoms with van der Waals surface area (Å²) in [6, 6.07) is 96.9. The molecule has 0 saturated heterocycles. The number of nitrogens with zero attached hydrogens (tertiary/aromatic N) is 4. The van der Waals surface area contributed by atoms with Crippen molar-refractivity contribution < 1.29 is 0 Å². The Morgan fingerprint density at radius 3 is 1.06 bits per heavy atom. The Kier molecular flexibility index (Phi) is 11.0. The van der Waals surface area contributed by atoms with Gasteiger partial charge in [0, 0.05) is 0 Å². The second kappa shape index (κ2) is 18.6. The van der Waals surface area contributed by atoms with E-state index in [4.69, 9.17) is 0 Å². The molecule has 7 heteroatoms. The van der Waals surface area contributed by atoms with Gasteiger partial charge in [0.2, 0.25) is 0 Å². The number of anilines is 12. The van der Waals surface area contributed by atoms with Gasteiger partial charge in [0.05, 0.1) is 0 Å². The van der Waals surface area contributed by atoms with Crippen LogP contribution in [0.15, 0.2) is 255 Å². The summed E-state index contributed by atoms with van der Waals surface area (Å²) in [6.07, 6.45) is 0. The summed E-state index contributed by atoms with van der Waals surface area (Å²) in [6.45, 7) is 14.2. The number of hydrogen-bond donors (Lipinski definition) is 0. The van der Waals surface area contributed by atoms with E-state index in [1.165, 1.54) is 143 Å². The molecule has 0 bridgehead atoms. The molecule has 6 heterocycles. The van der Waals surface area contributed by atoms with Crippen LogP contribution < -0.4 is 52.4 Å². The summed E-state index contributed by atoms with van der Waals surface area (Å²) in [5.74, 6) is 0. The fourth-order valence-electron chi connectivity index (χ4n) is 14.6. The molecule has 0 saturated carbocycles. The van der Waals surface area contributed by atoms with E-state index in [1.54, 1.807) is 0 Å². The molecule has 404 valence electrons. The van der Waals surface area contributed by atoms with Crippen molar-refractivity contribution in [1.82, 2.24) is 0 Å². The molecular weight excluding hydrogens is 1090 g/mol. The van der Waals surface area contributed by atoms with E-state index in [9.17, 15) is 0 Å². The van der Waals surface area contributed by atoms with E-state index in [0.717, 1.165) is 11.4 Å². The number of benzene rings is 11. The molecule has 0 radical (unpaired) electrons. The Labute approximate surface area is 505 Å². The fourth-order valence-corrected chi connectivity index (χ4v) is 17.3. The molecule has 0 aliphatic carbocycles. The van der Waals surface area contributed by atoms with Crippen molar-refractivity contribution >= 4 is 129 Å². The van der Waals surface area contributed by atoms with Crippen LogP contribution in [0.2, 0.25) is 0 Å². The van der Waals surface area contributed by atoms with Crippen LogP contribution in [-0.4, -0.2) is 27.9 Å². The van der Waals surface area contributed by atoms with E-state index in [-0.39, 0.29) is 38.8 Å². The SMILES string of the molecule is CC(C)(C)c1cc2c3c(c1)N1c4c(ccc5c4N(c4cc(C(C)(C)C)cc6c4B5c4ccc(-c5ccccc5)cc4N6c4ccccc4)c4c(-c5ccccc5)[se]c(-c5ccccc5)c41)B3c1cc(-c3ccccc3)ccc1N2c1ccccc1. The third-order valence-electron chi connectivity index (χ3n) is 18.6. The zero-order valence-electron chi connectivity index (χ0n) is 48.6. The first-order chi connectivity index (χ1) is 41.5. The van der Waals surface area contributed by atoms with E-state index < -0.39 is 0 Å². The van der Waals surface area contributed by atoms with Gasteiger partial charge in [-0.1, -0.05) is 24.3 Å². The summed E-state index contributed by atoms with van der Waals surface area (Å²) in [5.41, 5.74) is 32.5. The Morgan fingerprint density at radius 1 is 0.271 bits per heavy atom. The summed E-state index contributed by atoms with van der Waals surface area (Å²) in [7, 11) is 0. The average molecular weight is 1150 g/mol. The number of rotatable bonds is 6. The first-order valence-corrected chi connectivity index (χ1v) is 31.7. The average Bonchev–Trinajstić information content (AvgIpc) is 1.61. The number of para-hydroxylation sites is 2. The first kappa shape index (κ1) is 50.3. The normalized spacial score (nSPS) is 13.9. The molecule has 5 aliphatic rings. The van der Waals surface area contributed by atoms with Gasteiger partial charge in [0.15, 0.2) is 0 Å². The summed E-state index contributed by atoms with van der Waals surface area (Å²) in [5, 5.41) is 0. The molecule has 0 spiro atoms. The predicted octanol–water partition coefficient (Wildman–Crippen LogP) is 16.5. The van der Waals surface area contributed by atoms with Crippen molar-refractivity contribution in [2.75, 3.05) is 19.6 Å². The molecule has 11 aromatic carbocycles. The van der Waals surface area contributed by atoms with Crippen molar-refractivity contribution in [3.05, 3.63) is 266 Å². The minimum absolute atomic E-state index is 0.0845. The van der Waals surface area contributed by atoms with Gasteiger partial charge in [-0.05, 0) is 0 Å². The van der Waals surface area contributed by atoms with Crippen LogP contribution in [0, 0.1) is 0 Å². The zero-order chi connectivity index (χ0) is 57.0. The molecule has 0 fully saturated rings. The van der Waals surface area contributed by atoms with Crippen LogP contribution in [-0.2, 0) is 10.8 Å². The molecule has 17 rings (SSSR count). The van der Waals surface area contributed by atoms with Crippen molar-refractivity contribution in [1.29, 1.82) is 0 Å². The molecule has 0 N–H and O–H groups in total. The second-order valence-electron chi connectivity index (χ2n) is 25.6. The van der Waals surface area contributed by atoms with Crippen LogP contribution in [0.1, 0.15) is 52.7 Å². The first-order valence-electron chi connectivity index (χ1n) is 30.0. The van der Waals surface area contributed by atoms with Crippen LogP contribution in [0.5, 0.6) is 0 Å². The van der Waals surface area contributed by atoms with Crippen LogP contribution in [0.3, 0.4) is 0 Å². The number of hydrogen-bond acceptors (Lipinski definition) is 4. The fraction of sp³-hybridized carbons (Fsp3) is 0.103. The summed E-state index contributed by atoms with van der Waals surface area (Å²) >= 11 is -0.114. The van der Waals surface area contributed by atoms with E-state index in [0.29, 0.717) is 0 Å². The molecule has 0 amide bonds. The van der Waals surface area contributed by atoms with Crippen molar-refractivity contribution in [2.45, 2.75) is 52.4 Å². The van der Waals surface area contributed by atoms with Crippen LogP contribution in [0.25, 0.3) is 42.3 Å². The van der Waals surface area contributed by atoms with Crippen molar-refractivity contribution in [3.8, 4) is 42.3 Å². The maximum atomic E-state index is 2.82. The topological polar surface area (TPSA) is 13.0 Å². The van der Waals surface area contributed by atoms with Gasteiger partial charge in [-0.15, -0.1) is 0 Å². The second-order valence-corrected chi connectivity index (χ2v) is 27.8. The summed E-state index contributed by atoms with van der Waals surface area (Å²) < 4.78 is 2.79. The van der Waals surface area contributed by atoms with Gasteiger partial charge in [-0.25, -0.2) is 0 Å². The van der Waals surface area contributed by atoms with Gasteiger partial charge in [-0.2, -0.15) is 0 Å². The molecule has 1 aromatic heterocycles. The zero-order valence-corrected chi connectivity index (χ0v) is 50.3. The Hall–Kier alpha value is -9.25. The molecule has 85 heavy (non-hydrogen) atoms. The van der Waals surface area contributed by atoms with Crippen LogP contribution in [0.4, 0.5) is 68.2 Å². The molecule has 12 aromatic rings. The molecule has 5 aliphatic heterocycles. The maximum absolute atomic E-state index is 2.82. The quantitative estimate of drug-likeness (QED) is 0.154. The van der Waals surface area contributed by atoms with Gasteiger partial charge < -0.3 is 0 Å². The third-order valence-corrected chi connectivity index (χ3v) is 21.3. The Bertz CT molecular complexity index is 4690. The Balaban J connectivity index is 1.05. The standard InChI is InChI=1S/C78H60B2N4Se/c1-77(2,3)55-45-65-70-68(48-55)84-72-61(80(70)62-43-53(49-25-13-7-14-26-49)38-42-63(62)81(65)57-33-21-11-22-34-57)41-40-60-71(72)83(73-74(84)76(52-31-19-10-20-32-52)85-75(73)51-29-17-9-18-30-51)67-47-56(78(4,5)6)46-66-69(67)79(60)59-39-37-54(50-27-15-8-16-28-50)44-64(59)82(66)58-35-23-12-24-36-58/h7-48H,1-6H3. The van der Waals surface area contributed by atoms with E-state index >= 15 is 0 Å². The number of fused-ring (bicyclic) bond motifs is 11. The van der Waals surface area contributed by atoms with Gasteiger partial charge in [0.25, 0.3) is 0 Å². The Morgan fingerprint density at radius 2 is 0.624 bits per heavy atom. The van der Waals surface area contributed by atoms with Gasteiger partial charge >= 0.3 is 485 Å². The molecule has 4 nitrogen and oxygen atoms in total. The molecular formula is C78H60B2N4Se. The predicted molar refractivity (Wildman–Crippen MR) is 364 cm³/mol. The minimum atomic E-state index is -0.191.